The van der Waals surface area contributed by atoms with Gasteiger partial charge in [-0.1, -0.05) is 35.3 Å². The van der Waals surface area contributed by atoms with Gasteiger partial charge in [0.05, 0.1) is 22.5 Å². The molecule has 2 rings (SSSR count). The van der Waals surface area contributed by atoms with E-state index in [1.54, 1.807) is 4.68 Å². The molecule has 0 aliphatic rings. The zero-order valence-corrected chi connectivity index (χ0v) is 12.3. The van der Waals surface area contributed by atoms with Gasteiger partial charge in [-0.3, -0.25) is 16.0 Å². The number of halogens is 2. The highest BCUT2D eigenvalue weighted by Gasteiger charge is 2.17. The number of aromatic nitrogens is 2. The third-order valence-electron chi connectivity index (χ3n) is 3.11. The lowest BCUT2D eigenvalue weighted by Crippen LogP contribution is -2.30. The monoisotopic (exact) mass is 298 g/mol. The Morgan fingerprint density at radius 2 is 2.16 bits per heavy atom. The van der Waals surface area contributed by atoms with Crippen molar-refractivity contribution in [2.45, 2.75) is 19.4 Å². The normalized spacial score (nSPS) is 12.7. The lowest BCUT2D eigenvalue weighted by molar-refractivity contribution is 0.530. The second-order valence-electron chi connectivity index (χ2n) is 4.45. The van der Waals surface area contributed by atoms with Crippen LogP contribution in [0.2, 0.25) is 10.0 Å². The number of hydrogen-bond acceptors (Lipinski definition) is 3. The van der Waals surface area contributed by atoms with E-state index in [1.165, 1.54) is 0 Å². The van der Waals surface area contributed by atoms with E-state index in [0.29, 0.717) is 16.5 Å². The van der Waals surface area contributed by atoms with Gasteiger partial charge in [-0.15, -0.1) is 0 Å². The number of rotatable bonds is 4. The van der Waals surface area contributed by atoms with Crippen LogP contribution in [0.25, 0.3) is 0 Å². The highest BCUT2D eigenvalue weighted by Crippen LogP contribution is 2.26. The number of benzene rings is 1. The molecule has 102 valence electrons. The predicted molar refractivity (Wildman–Crippen MR) is 78.2 cm³/mol. The molecule has 19 heavy (non-hydrogen) atoms. The van der Waals surface area contributed by atoms with E-state index in [0.717, 1.165) is 17.0 Å². The van der Waals surface area contributed by atoms with Crippen molar-refractivity contribution in [3.8, 4) is 0 Å². The zero-order chi connectivity index (χ0) is 14.0. The minimum Gasteiger partial charge on any atom is -0.271 e. The minimum atomic E-state index is -0.0639. The lowest BCUT2D eigenvalue weighted by Gasteiger charge is -2.17. The highest BCUT2D eigenvalue weighted by atomic mass is 35.5. The molecule has 4 nitrogen and oxygen atoms in total. The second-order valence-corrected chi connectivity index (χ2v) is 5.26. The third kappa shape index (κ3) is 3.09. The van der Waals surface area contributed by atoms with Gasteiger partial charge in [0.1, 0.15) is 0 Å². The van der Waals surface area contributed by atoms with Gasteiger partial charge < -0.3 is 0 Å². The van der Waals surface area contributed by atoms with Crippen molar-refractivity contribution >= 4 is 23.2 Å². The molecule has 6 heteroatoms. The Kier molecular flexibility index (Phi) is 4.47. The Hall–Kier alpha value is -1.07. The molecule has 1 unspecified atom stereocenters. The van der Waals surface area contributed by atoms with Gasteiger partial charge in [0.2, 0.25) is 0 Å². The number of aryl methyl sites for hydroxylation is 2. The first-order valence-corrected chi connectivity index (χ1v) is 6.68. The number of nitrogens with one attached hydrogen (secondary N) is 1. The van der Waals surface area contributed by atoms with Crippen LogP contribution in [0.5, 0.6) is 0 Å². The molecule has 2 aromatic rings. The van der Waals surface area contributed by atoms with Gasteiger partial charge in [0.25, 0.3) is 0 Å². The quantitative estimate of drug-likeness (QED) is 0.674. The molecule has 1 heterocycles. The molecule has 1 aromatic carbocycles. The van der Waals surface area contributed by atoms with Crippen molar-refractivity contribution in [2.24, 2.45) is 12.9 Å². The van der Waals surface area contributed by atoms with Gasteiger partial charge >= 0.3 is 0 Å². The first-order chi connectivity index (χ1) is 9.02. The van der Waals surface area contributed by atoms with Gasteiger partial charge in [0.15, 0.2) is 0 Å². The molecule has 0 radical (unpaired) electrons. The summed E-state index contributed by atoms with van der Waals surface area (Å²) in [5, 5.41) is 5.67. The zero-order valence-electron chi connectivity index (χ0n) is 10.8. The summed E-state index contributed by atoms with van der Waals surface area (Å²) in [7, 11) is 1.87. The summed E-state index contributed by atoms with van der Waals surface area (Å²) in [6.07, 6.45) is 0.646. The van der Waals surface area contributed by atoms with Crippen molar-refractivity contribution in [3.05, 3.63) is 51.3 Å². The van der Waals surface area contributed by atoms with Crippen molar-refractivity contribution < 1.29 is 0 Å². The molecule has 0 aliphatic heterocycles. The Labute approximate surface area is 122 Å². The Morgan fingerprint density at radius 3 is 2.68 bits per heavy atom. The Morgan fingerprint density at radius 1 is 1.42 bits per heavy atom. The molecule has 3 N–H and O–H groups in total. The molecular weight excluding hydrogens is 283 g/mol. The van der Waals surface area contributed by atoms with Gasteiger partial charge in [0, 0.05) is 18.5 Å². The number of hydrogen-bond donors (Lipinski definition) is 2. The van der Waals surface area contributed by atoms with Gasteiger partial charge in [-0.2, -0.15) is 5.10 Å². The van der Waals surface area contributed by atoms with E-state index in [-0.39, 0.29) is 6.04 Å². The van der Waals surface area contributed by atoms with E-state index in [2.05, 4.69) is 10.5 Å². The number of nitrogens with zero attached hydrogens (tertiary/aromatic N) is 2. The first-order valence-electron chi connectivity index (χ1n) is 5.92. The molecule has 0 bridgehead atoms. The van der Waals surface area contributed by atoms with Crippen LogP contribution >= 0.6 is 23.2 Å². The SMILES string of the molecule is Cc1nn(C)c(CC(NN)c2cccc(Cl)c2)c1Cl. The lowest BCUT2D eigenvalue weighted by atomic mass is 10.0. The van der Waals surface area contributed by atoms with Crippen molar-refractivity contribution in [2.75, 3.05) is 0 Å². The van der Waals surface area contributed by atoms with Crippen LogP contribution in [0.15, 0.2) is 24.3 Å². The summed E-state index contributed by atoms with van der Waals surface area (Å²) >= 11 is 12.3. The largest absolute Gasteiger partial charge is 0.271 e. The smallest absolute Gasteiger partial charge is 0.0847 e. The van der Waals surface area contributed by atoms with Crippen LogP contribution in [0, 0.1) is 6.92 Å². The topological polar surface area (TPSA) is 55.9 Å². The average molecular weight is 299 g/mol. The maximum atomic E-state index is 6.26. The molecule has 0 fully saturated rings. The van der Waals surface area contributed by atoms with E-state index < -0.39 is 0 Å². The van der Waals surface area contributed by atoms with Gasteiger partial charge in [-0.25, -0.2) is 0 Å². The van der Waals surface area contributed by atoms with Crippen LogP contribution in [0.4, 0.5) is 0 Å². The van der Waals surface area contributed by atoms with Gasteiger partial charge in [-0.05, 0) is 24.6 Å². The van der Waals surface area contributed by atoms with E-state index >= 15 is 0 Å². The fourth-order valence-electron chi connectivity index (χ4n) is 2.09. The molecule has 0 saturated heterocycles. The number of nitrogens with two attached hydrogens (primary N) is 1. The molecule has 0 aliphatic carbocycles. The Bertz CT molecular complexity index is 580. The standard InChI is InChI=1S/C13H16Cl2N4/c1-8-13(15)12(19(2)18-8)7-11(17-16)9-4-3-5-10(14)6-9/h3-6,11,17H,7,16H2,1-2H3. The van der Waals surface area contributed by atoms with Crippen LogP contribution in [0.1, 0.15) is 23.0 Å². The number of hydrazine groups is 1. The van der Waals surface area contributed by atoms with Crippen LogP contribution in [-0.4, -0.2) is 9.78 Å². The summed E-state index contributed by atoms with van der Waals surface area (Å²) < 4.78 is 1.78. The minimum absolute atomic E-state index is 0.0639. The average Bonchev–Trinajstić information content (AvgIpc) is 2.61. The maximum absolute atomic E-state index is 6.26. The Balaban J connectivity index is 2.29. The van der Waals surface area contributed by atoms with Crippen LogP contribution in [-0.2, 0) is 13.5 Å². The molecule has 1 aromatic heterocycles. The summed E-state index contributed by atoms with van der Waals surface area (Å²) in [4.78, 5) is 0. The highest BCUT2D eigenvalue weighted by molar-refractivity contribution is 6.32. The van der Waals surface area contributed by atoms with Crippen molar-refractivity contribution in [1.29, 1.82) is 0 Å². The fourth-order valence-corrected chi connectivity index (χ4v) is 2.53. The summed E-state index contributed by atoms with van der Waals surface area (Å²) in [6.45, 7) is 1.89. The summed E-state index contributed by atoms with van der Waals surface area (Å²) in [6, 6.07) is 7.54. The van der Waals surface area contributed by atoms with Crippen molar-refractivity contribution in [3.63, 3.8) is 0 Å². The third-order valence-corrected chi connectivity index (χ3v) is 3.84. The van der Waals surface area contributed by atoms with E-state index in [1.807, 2.05) is 38.2 Å². The van der Waals surface area contributed by atoms with Crippen molar-refractivity contribution in [1.82, 2.24) is 15.2 Å². The van der Waals surface area contributed by atoms with E-state index in [9.17, 15) is 0 Å². The van der Waals surface area contributed by atoms with Crippen LogP contribution in [0.3, 0.4) is 0 Å². The fraction of sp³-hybridized carbons (Fsp3) is 0.308. The van der Waals surface area contributed by atoms with E-state index in [4.69, 9.17) is 29.0 Å². The van der Waals surface area contributed by atoms with Crippen LogP contribution < -0.4 is 11.3 Å². The first kappa shape index (κ1) is 14.3. The summed E-state index contributed by atoms with van der Waals surface area (Å²) in [5.41, 5.74) is 5.58. The second kappa shape index (κ2) is 5.92. The molecule has 0 spiro atoms. The summed E-state index contributed by atoms with van der Waals surface area (Å²) in [5.74, 6) is 5.64. The molecule has 1 atom stereocenters. The molecule has 0 saturated carbocycles. The maximum Gasteiger partial charge on any atom is 0.0847 e. The predicted octanol–water partition coefficient (Wildman–Crippen LogP) is 2.78. The molecule has 0 amide bonds. The molecular formula is C13H16Cl2N4.